The fraction of sp³-hybridized carbons (Fsp3) is 0.934. The van der Waals surface area contributed by atoms with Gasteiger partial charge in [0.15, 0.2) is 8.24 Å². The molecule has 12 aliphatic carbocycles. The molecule has 12 aliphatic rings. The van der Waals surface area contributed by atoms with Crippen molar-refractivity contribution in [3.63, 3.8) is 0 Å². The Bertz CT molecular complexity index is 2650. The van der Waals surface area contributed by atoms with Crippen LogP contribution in [0.5, 0.6) is 0 Å². The fourth-order valence-electron chi connectivity index (χ4n) is 30.9. The van der Waals surface area contributed by atoms with Crippen LogP contribution in [0.3, 0.4) is 0 Å². The van der Waals surface area contributed by atoms with Crippen LogP contribution < -0.4 is 4.57 Å². The molecule has 8 heteroatoms. The summed E-state index contributed by atoms with van der Waals surface area (Å²) in [5.41, 5.74) is 6.90. The molecule has 0 heterocycles. The Morgan fingerprint density at radius 1 is 0.313 bits per heavy atom. The molecule has 0 spiro atoms. The molecule has 0 saturated heterocycles. The van der Waals surface area contributed by atoms with Crippen LogP contribution in [-0.4, -0.2) is 86.9 Å². The van der Waals surface area contributed by atoms with Crippen molar-refractivity contribution in [2.75, 3.05) is 11.1 Å². The van der Waals surface area contributed by atoms with Gasteiger partial charge in [-0.2, -0.15) is 0 Å². The van der Waals surface area contributed by atoms with Gasteiger partial charge in [0.05, 0.1) is 0 Å². The number of hydrogen-bond acceptors (Lipinski definition) is 4. The maximum absolute atomic E-state index is 2.99. The van der Waals surface area contributed by atoms with E-state index in [-0.39, 0.29) is 16.6 Å². The number of nitrogens with zero attached hydrogens (tertiary/aromatic N) is 4. The standard InChI is InChI=1S/C25H41NSi.C23H45NSi.C22H43NSi.C21H41NSi/c1-25(2,3)26(22-13-7-6-8-14-22)27(4,5)24-16-15-21-17-19-11-9-10-12-20(19)18-23(21)24;1-22(2,3)24(23(4,5)6)25(7,8)21-14-13-19-15-17-11-9-10-12-18(17)16-20(19)21;1-16(2)23(22(3,4)5)24(6,7)21-13-12-19-14-17-10-8-9-11-18(17)15-20(19)21;1-7-22(21(2,3)4)23(5,6)20-13-12-18-14-16-10-8-9-11-17(16)15-19(18)20/h6-8,13-14,19-21,23-24H,9-12,15-18H2,1-5H3;17-21H,9-16H2,1-8H3;16-21H,8-15H2,1-7H3;16-20H,7-15H2,1-6H3. The van der Waals surface area contributed by atoms with Gasteiger partial charge in [-0.05, 0) is 297 Å². The molecule has 0 amide bonds. The maximum Gasteiger partial charge on any atom is 0.154 e. The number of benzene rings is 1. The van der Waals surface area contributed by atoms with E-state index in [2.05, 4.69) is 226 Å². The van der Waals surface area contributed by atoms with Gasteiger partial charge in [-0.15, -0.1) is 0 Å². The van der Waals surface area contributed by atoms with E-state index in [1.54, 1.807) is 109 Å². The highest BCUT2D eigenvalue weighted by atomic mass is 28.3. The second kappa shape index (κ2) is 31.8. The average molecular weight is 1430 g/mol. The van der Waals surface area contributed by atoms with Gasteiger partial charge in [0.2, 0.25) is 0 Å². The molecule has 1 aromatic rings. The zero-order chi connectivity index (χ0) is 72.4. The Balaban J connectivity index is 0.000000143. The van der Waals surface area contributed by atoms with E-state index in [1.165, 1.54) is 109 Å². The van der Waals surface area contributed by atoms with Crippen LogP contribution in [0.15, 0.2) is 30.3 Å². The molecule has 0 bridgehead atoms. The summed E-state index contributed by atoms with van der Waals surface area (Å²) in [5.74, 6) is 17.2. The number of rotatable bonds is 11. The normalized spacial score (nSPS) is 36.7. The van der Waals surface area contributed by atoms with Crippen LogP contribution in [0.1, 0.15) is 330 Å². The Labute approximate surface area is 622 Å². The van der Waals surface area contributed by atoms with E-state index in [1.807, 2.05) is 0 Å². The van der Waals surface area contributed by atoms with Crippen molar-refractivity contribution >= 4 is 38.6 Å². The summed E-state index contributed by atoms with van der Waals surface area (Å²) >= 11 is 0. The summed E-state index contributed by atoms with van der Waals surface area (Å²) in [6.07, 6.45) is 49.4. The van der Waals surface area contributed by atoms with Crippen molar-refractivity contribution in [1.29, 1.82) is 0 Å². The van der Waals surface area contributed by atoms with Crippen LogP contribution in [0, 0.1) is 94.7 Å². The van der Waals surface area contributed by atoms with Crippen LogP contribution in [-0.2, 0) is 0 Å². The van der Waals surface area contributed by atoms with Crippen molar-refractivity contribution in [3.8, 4) is 0 Å². The van der Waals surface area contributed by atoms with Gasteiger partial charge in [-0.25, -0.2) is 0 Å². The lowest BCUT2D eigenvalue weighted by Crippen LogP contribution is -2.67. The molecule has 13 rings (SSSR count). The van der Waals surface area contributed by atoms with E-state index in [0.717, 1.165) is 117 Å². The number of fused-ring (bicyclic) bond motifs is 8. The first kappa shape index (κ1) is 81.3. The third-order valence-electron chi connectivity index (χ3n) is 32.4. The van der Waals surface area contributed by atoms with Crippen molar-refractivity contribution in [2.45, 2.75) is 438 Å². The Hall–Kier alpha value is -0.232. The zero-order valence-corrected chi connectivity index (χ0v) is 75.1. The molecule has 0 aromatic heterocycles. The first-order chi connectivity index (χ1) is 46.1. The molecule has 570 valence electrons. The second-order valence-corrected chi connectivity index (χ2v) is 63.3. The Morgan fingerprint density at radius 3 is 0.859 bits per heavy atom. The molecule has 0 aliphatic heterocycles. The first-order valence-electron chi connectivity index (χ1n) is 44.3. The summed E-state index contributed by atoms with van der Waals surface area (Å²) < 4.78 is 11.8. The molecule has 4 nitrogen and oxygen atoms in total. The van der Waals surface area contributed by atoms with Crippen molar-refractivity contribution in [1.82, 2.24) is 13.7 Å². The highest BCUT2D eigenvalue weighted by molar-refractivity contribution is 6.82. The highest BCUT2D eigenvalue weighted by Gasteiger charge is 2.59. The SMILES string of the molecule is CC(C)(C)N(C(C)(C)C)[Si](C)(C)C1CCC2CC3CCCCC3CC21.CC(C)(C)N(c1ccccc1)[Si](C)(C)C1CCC2CC3CCCCC3CC21.CC(C)N(C(C)(C)C)[Si](C)(C)C1CCC2CC3CCCCC3CC21.CCN(C(C)(C)C)[Si](C)(C)C1CCC2CC3CCCCC3CC21. The largest absolute Gasteiger partial charge is 0.393 e. The summed E-state index contributed by atoms with van der Waals surface area (Å²) in [6, 6.07) is 12.0. The van der Waals surface area contributed by atoms with Crippen LogP contribution in [0.25, 0.3) is 0 Å². The van der Waals surface area contributed by atoms with Crippen molar-refractivity contribution in [3.05, 3.63) is 30.3 Å². The van der Waals surface area contributed by atoms with E-state index in [4.69, 9.17) is 0 Å². The summed E-state index contributed by atoms with van der Waals surface area (Å²) in [5, 5.41) is 0. The lowest BCUT2D eigenvalue weighted by Gasteiger charge is -2.57. The van der Waals surface area contributed by atoms with Gasteiger partial charge in [-0.1, -0.05) is 245 Å². The van der Waals surface area contributed by atoms with E-state index in [0.29, 0.717) is 17.1 Å². The molecule has 0 N–H and O–H groups in total. The van der Waals surface area contributed by atoms with Gasteiger partial charge in [-0.3, -0.25) is 0 Å². The van der Waals surface area contributed by atoms with Gasteiger partial charge >= 0.3 is 0 Å². The van der Waals surface area contributed by atoms with Crippen LogP contribution in [0.2, 0.25) is 74.5 Å². The average Bonchev–Trinajstić information content (AvgIpc) is 1.73. The summed E-state index contributed by atoms with van der Waals surface area (Å²) in [7, 11) is -5.91. The Morgan fingerprint density at radius 2 is 0.596 bits per heavy atom. The maximum atomic E-state index is 2.99. The quantitative estimate of drug-likeness (QED) is 0.205. The molecule has 20 atom stereocenters. The molecule has 12 saturated carbocycles. The molecular weight excluding hydrogens is 1260 g/mol. The van der Waals surface area contributed by atoms with Gasteiger partial charge in [0, 0.05) is 33.4 Å². The first-order valence-corrected chi connectivity index (χ1v) is 56.4. The van der Waals surface area contributed by atoms with E-state index in [9.17, 15) is 0 Å². The van der Waals surface area contributed by atoms with Gasteiger partial charge in [0.25, 0.3) is 0 Å². The van der Waals surface area contributed by atoms with Crippen molar-refractivity contribution < 1.29 is 0 Å². The third-order valence-corrected chi connectivity index (χ3v) is 51.9. The number of hydrogen-bond donors (Lipinski definition) is 0. The monoisotopic (exact) mass is 1430 g/mol. The molecule has 12 fully saturated rings. The Kier molecular flexibility index (Phi) is 26.1. The minimum atomic E-state index is -1.61. The van der Waals surface area contributed by atoms with Crippen molar-refractivity contribution in [2.24, 2.45) is 94.7 Å². The number of anilines is 1. The fourth-order valence-corrected chi connectivity index (χ4v) is 53.3. The van der Waals surface area contributed by atoms with Gasteiger partial charge < -0.3 is 18.3 Å². The lowest BCUT2D eigenvalue weighted by molar-refractivity contribution is 0.0857. The molecular formula is C91H170N4Si4. The third kappa shape index (κ3) is 17.9. The van der Waals surface area contributed by atoms with Crippen LogP contribution in [0.4, 0.5) is 5.69 Å². The van der Waals surface area contributed by atoms with Gasteiger partial charge in [0.1, 0.15) is 24.7 Å². The highest BCUT2D eigenvalue weighted by Crippen LogP contribution is 2.64. The predicted molar refractivity (Wildman–Crippen MR) is 447 cm³/mol. The topological polar surface area (TPSA) is 13.0 Å². The minimum absolute atomic E-state index is 0.192. The van der Waals surface area contributed by atoms with E-state index < -0.39 is 32.9 Å². The second-order valence-electron chi connectivity index (χ2n) is 45.2. The zero-order valence-electron chi connectivity index (χ0n) is 71.1. The molecule has 20 unspecified atom stereocenters. The summed E-state index contributed by atoms with van der Waals surface area (Å²) in [6.45, 7) is 66.8. The van der Waals surface area contributed by atoms with Crippen LogP contribution >= 0.6 is 0 Å². The smallest absolute Gasteiger partial charge is 0.154 e. The van der Waals surface area contributed by atoms with E-state index >= 15 is 0 Å². The molecule has 1 aromatic carbocycles. The lowest BCUT2D eigenvalue weighted by atomic mass is 9.64. The summed E-state index contributed by atoms with van der Waals surface area (Å²) in [4.78, 5) is 0. The predicted octanol–water partition coefficient (Wildman–Crippen LogP) is 27.6. The molecule has 0 radical (unpaired) electrons. The number of para-hydroxylation sites is 1. The minimum Gasteiger partial charge on any atom is -0.393 e. The molecule has 99 heavy (non-hydrogen) atoms.